The fourth-order valence-corrected chi connectivity index (χ4v) is 2.37. The topological polar surface area (TPSA) is 25.8 Å². The van der Waals surface area contributed by atoms with Crippen LogP contribution in [-0.4, -0.2) is 9.97 Å². The van der Waals surface area contributed by atoms with Crippen molar-refractivity contribution < 1.29 is 4.39 Å². The monoisotopic (exact) mass is 328 g/mol. The molecule has 2 nitrogen and oxygen atoms in total. The lowest BCUT2D eigenvalue weighted by Crippen LogP contribution is -1.97. The van der Waals surface area contributed by atoms with Gasteiger partial charge in [0.25, 0.3) is 0 Å². The van der Waals surface area contributed by atoms with Gasteiger partial charge in [-0.3, -0.25) is 0 Å². The van der Waals surface area contributed by atoms with E-state index in [1.165, 1.54) is 12.1 Å². The van der Waals surface area contributed by atoms with Gasteiger partial charge in [-0.15, -0.1) is 0 Å². The minimum absolute atomic E-state index is 0.304. The molecule has 1 aromatic heterocycles. The SMILES string of the molecule is CCCc1cc(Cl)nc(-c2ccc(F)cc2Br)n1. The summed E-state index contributed by atoms with van der Waals surface area (Å²) in [6.07, 6.45) is 1.82. The highest BCUT2D eigenvalue weighted by atomic mass is 79.9. The fourth-order valence-electron chi connectivity index (χ4n) is 1.64. The Labute approximate surface area is 118 Å². The molecule has 0 saturated heterocycles. The maximum atomic E-state index is 13.0. The van der Waals surface area contributed by atoms with Gasteiger partial charge in [-0.05, 0) is 46.6 Å². The molecule has 0 unspecified atom stereocenters. The van der Waals surface area contributed by atoms with E-state index in [0.717, 1.165) is 24.1 Å². The molecule has 0 fully saturated rings. The van der Waals surface area contributed by atoms with E-state index in [1.54, 1.807) is 12.1 Å². The van der Waals surface area contributed by atoms with Crippen molar-refractivity contribution in [2.75, 3.05) is 0 Å². The molecule has 0 N–H and O–H groups in total. The van der Waals surface area contributed by atoms with Crippen LogP contribution in [0.2, 0.25) is 5.15 Å². The maximum Gasteiger partial charge on any atom is 0.162 e. The molecule has 0 aliphatic heterocycles. The summed E-state index contributed by atoms with van der Waals surface area (Å²) < 4.78 is 13.7. The van der Waals surface area contributed by atoms with Crippen molar-refractivity contribution in [2.45, 2.75) is 19.8 Å². The van der Waals surface area contributed by atoms with Crippen molar-refractivity contribution in [3.8, 4) is 11.4 Å². The molecule has 0 radical (unpaired) electrons. The predicted molar refractivity (Wildman–Crippen MR) is 74.1 cm³/mol. The molecule has 0 aliphatic carbocycles. The van der Waals surface area contributed by atoms with Gasteiger partial charge in [0.2, 0.25) is 0 Å². The first-order valence-electron chi connectivity index (χ1n) is 5.59. The number of nitrogens with zero attached hydrogens (tertiary/aromatic N) is 2. The molecule has 18 heavy (non-hydrogen) atoms. The van der Waals surface area contributed by atoms with Crippen LogP contribution < -0.4 is 0 Å². The highest BCUT2D eigenvalue weighted by molar-refractivity contribution is 9.10. The van der Waals surface area contributed by atoms with Gasteiger partial charge in [0.1, 0.15) is 11.0 Å². The highest BCUT2D eigenvalue weighted by Gasteiger charge is 2.09. The van der Waals surface area contributed by atoms with Crippen molar-refractivity contribution in [3.63, 3.8) is 0 Å². The van der Waals surface area contributed by atoms with Crippen LogP contribution in [0.5, 0.6) is 0 Å². The molecule has 0 spiro atoms. The first-order valence-corrected chi connectivity index (χ1v) is 6.76. The highest BCUT2D eigenvalue weighted by Crippen LogP contribution is 2.27. The standard InChI is InChI=1S/C13H11BrClFN2/c1-2-3-9-7-12(15)18-13(17-9)10-5-4-8(16)6-11(10)14/h4-7H,2-3H2,1H3. The Morgan fingerprint density at radius 1 is 1.28 bits per heavy atom. The zero-order chi connectivity index (χ0) is 13.1. The van der Waals surface area contributed by atoms with Gasteiger partial charge in [-0.1, -0.05) is 24.9 Å². The zero-order valence-corrected chi connectivity index (χ0v) is 12.1. The van der Waals surface area contributed by atoms with Crippen molar-refractivity contribution in [3.05, 3.63) is 45.4 Å². The second-order valence-corrected chi connectivity index (χ2v) is 5.12. The van der Waals surface area contributed by atoms with Crippen LogP contribution in [0.4, 0.5) is 4.39 Å². The van der Waals surface area contributed by atoms with E-state index in [1.807, 2.05) is 0 Å². The summed E-state index contributed by atoms with van der Waals surface area (Å²) in [5, 5.41) is 0.402. The summed E-state index contributed by atoms with van der Waals surface area (Å²) in [5.41, 5.74) is 1.62. The van der Waals surface area contributed by atoms with Gasteiger partial charge in [-0.2, -0.15) is 0 Å². The summed E-state index contributed by atoms with van der Waals surface area (Å²) in [6.45, 7) is 2.07. The zero-order valence-electron chi connectivity index (χ0n) is 9.75. The summed E-state index contributed by atoms with van der Waals surface area (Å²) in [4.78, 5) is 8.61. The van der Waals surface area contributed by atoms with E-state index in [-0.39, 0.29) is 5.82 Å². The van der Waals surface area contributed by atoms with Crippen LogP contribution in [-0.2, 0) is 6.42 Å². The Hall–Kier alpha value is -1.000. The minimum atomic E-state index is -0.304. The summed E-state index contributed by atoms with van der Waals surface area (Å²) in [6, 6.07) is 6.16. The third kappa shape index (κ3) is 3.06. The molecule has 1 heterocycles. The average Bonchev–Trinajstić information content (AvgIpc) is 2.28. The van der Waals surface area contributed by atoms with Gasteiger partial charge < -0.3 is 0 Å². The molecule has 0 aliphatic rings. The Morgan fingerprint density at radius 2 is 2.06 bits per heavy atom. The molecule has 94 valence electrons. The Balaban J connectivity index is 2.49. The van der Waals surface area contributed by atoms with Crippen LogP contribution in [0, 0.1) is 5.82 Å². The lowest BCUT2D eigenvalue weighted by molar-refractivity contribution is 0.627. The molecular weight excluding hydrogens is 319 g/mol. The largest absolute Gasteiger partial charge is 0.233 e. The molecule has 0 atom stereocenters. The quantitative estimate of drug-likeness (QED) is 0.766. The predicted octanol–water partition coefficient (Wildman–Crippen LogP) is 4.65. The number of aromatic nitrogens is 2. The third-order valence-corrected chi connectivity index (χ3v) is 3.28. The molecule has 0 bridgehead atoms. The van der Waals surface area contributed by atoms with Crippen LogP contribution in [0.15, 0.2) is 28.7 Å². The summed E-state index contributed by atoms with van der Waals surface area (Å²) in [5.74, 6) is 0.208. The van der Waals surface area contributed by atoms with Gasteiger partial charge in [-0.25, -0.2) is 14.4 Å². The fraction of sp³-hybridized carbons (Fsp3) is 0.231. The van der Waals surface area contributed by atoms with Crippen molar-refractivity contribution in [1.82, 2.24) is 9.97 Å². The van der Waals surface area contributed by atoms with E-state index >= 15 is 0 Å². The number of aryl methyl sites for hydroxylation is 1. The molecule has 0 saturated carbocycles. The van der Waals surface area contributed by atoms with Crippen LogP contribution >= 0.6 is 27.5 Å². The molecule has 2 aromatic rings. The molecular formula is C13H11BrClFN2. The number of hydrogen-bond acceptors (Lipinski definition) is 2. The Kier molecular flexibility index (Phi) is 4.30. The first-order chi connectivity index (χ1) is 8.60. The third-order valence-electron chi connectivity index (χ3n) is 2.43. The lowest BCUT2D eigenvalue weighted by Gasteiger charge is -2.06. The number of hydrogen-bond donors (Lipinski definition) is 0. The van der Waals surface area contributed by atoms with Crippen LogP contribution in [0.25, 0.3) is 11.4 Å². The number of rotatable bonds is 3. The minimum Gasteiger partial charge on any atom is -0.233 e. The smallest absolute Gasteiger partial charge is 0.162 e. The normalized spacial score (nSPS) is 10.7. The molecule has 1 aromatic carbocycles. The van der Waals surface area contributed by atoms with Crippen LogP contribution in [0.1, 0.15) is 19.0 Å². The van der Waals surface area contributed by atoms with Crippen molar-refractivity contribution >= 4 is 27.5 Å². The molecule has 5 heteroatoms. The average molecular weight is 330 g/mol. The van der Waals surface area contributed by atoms with Crippen molar-refractivity contribution in [1.29, 1.82) is 0 Å². The van der Waals surface area contributed by atoms with Gasteiger partial charge in [0.15, 0.2) is 5.82 Å². The maximum absolute atomic E-state index is 13.0. The summed E-state index contributed by atoms with van der Waals surface area (Å²) in [7, 11) is 0. The van der Waals surface area contributed by atoms with Crippen molar-refractivity contribution in [2.24, 2.45) is 0 Å². The van der Waals surface area contributed by atoms with Gasteiger partial charge in [0, 0.05) is 15.7 Å². The molecule has 0 amide bonds. The van der Waals surface area contributed by atoms with E-state index in [9.17, 15) is 4.39 Å². The Morgan fingerprint density at radius 3 is 2.72 bits per heavy atom. The second-order valence-electron chi connectivity index (χ2n) is 3.88. The Bertz CT molecular complexity index is 575. The van der Waals surface area contributed by atoms with E-state index in [2.05, 4.69) is 32.8 Å². The van der Waals surface area contributed by atoms with Gasteiger partial charge >= 0.3 is 0 Å². The van der Waals surface area contributed by atoms with Gasteiger partial charge in [0.05, 0.1) is 0 Å². The summed E-state index contributed by atoms with van der Waals surface area (Å²) >= 11 is 9.29. The first kappa shape index (κ1) is 13.4. The van der Waals surface area contributed by atoms with Crippen LogP contribution in [0.3, 0.4) is 0 Å². The number of halogens is 3. The van der Waals surface area contributed by atoms with E-state index in [0.29, 0.717) is 15.5 Å². The lowest BCUT2D eigenvalue weighted by atomic mass is 10.2. The van der Waals surface area contributed by atoms with E-state index < -0.39 is 0 Å². The number of benzene rings is 1. The van der Waals surface area contributed by atoms with E-state index in [4.69, 9.17) is 11.6 Å². The molecule has 2 rings (SSSR count). The second kappa shape index (κ2) is 5.76.